The summed E-state index contributed by atoms with van der Waals surface area (Å²) in [4.78, 5) is 0. The Hall–Kier alpha value is -1.68. The third kappa shape index (κ3) is 10.4. The van der Waals surface area contributed by atoms with E-state index < -0.39 is 8.56 Å². The van der Waals surface area contributed by atoms with Gasteiger partial charge in [0.25, 0.3) is 0 Å². The van der Waals surface area contributed by atoms with Gasteiger partial charge in [-0.05, 0) is 29.6 Å². The Morgan fingerprint density at radius 3 is 1.58 bits per heavy atom. The molecule has 0 aliphatic rings. The number of unbranched alkanes of at least 4 members (excludes halogenated alkanes) is 9. The Morgan fingerprint density at radius 2 is 1.06 bits per heavy atom. The lowest BCUT2D eigenvalue weighted by Gasteiger charge is -2.31. The van der Waals surface area contributed by atoms with Crippen molar-refractivity contribution in [3.05, 3.63) is 72.8 Å². The number of hydrogen-bond donors (Lipinski definition) is 0. The molecule has 0 heterocycles. The number of hydrogen-bond acceptors (Lipinski definition) is 2. The Labute approximate surface area is 204 Å². The van der Waals surface area contributed by atoms with E-state index in [1.165, 1.54) is 68.2 Å². The van der Waals surface area contributed by atoms with Crippen molar-refractivity contribution in [1.82, 2.24) is 0 Å². The van der Waals surface area contributed by atoms with E-state index in [0.717, 1.165) is 25.9 Å². The molecule has 0 amide bonds. The van der Waals surface area contributed by atoms with E-state index >= 15 is 0 Å². The molecule has 0 saturated heterocycles. The average Bonchev–Trinajstić information content (AvgIpc) is 2.87. The van der Waals surface area contributed by atoms with E-state index in [1.54, 1.807) is 0 Å². The maximum Gasteiger partial charge on any atom is 0.407 e. The van der Waals surface area contributed by atoms with Crippen LogP contribution in [-0.4, -0.2) is 21.8 Å². The van der Waals surface area contributed by atoms with Crippen molar-refractivity contribution in [1.29, 1.82) is 0 Å². The van der Waals surface area contributed by atoms with Crippen LogP contribution in [0.1, 0.15) is 90.9 Å². The van der Waals surface area contributed by atoms with Gasteiger partial charge >= 0.3 is 8.56 Å². The first-order valence-corrected chi connectivity index (χ1v) is 15.2. The summed E-state index contributed by atoms with van der Waals surface area (Å²) in [6, 6.07) is 21.3. The predicted molar refractivity (Wildman–Crippen MR) is 146 cm³/mol. The molecule has 0 N–H and O–H groups in total. The number of allylic oxidation sites excluding steroid dienone is 1. The second-order valence-corrected chi connectivity index (χ2v) is 11.9. The molecule has 3 heteroatoms. The Balaban J connectivity index is 1.94. The van der Waals surface area contributed by atoms with Gasteiger partial charge in [0, 0.05) is 13.2 Å². The van der Waals surface area contributed by atoms with Gasteiger partial charge in [0.05, 0.1) is 0 Å². The van der Waals surface area contributed by atoms with Crippen LogP contribution in [0.25, 0.3) is 0 Å². The average molecular weight is 467 g/mol. The van der Waals surface area contributed by atoms with Crippen molar-refractivity contribution in [3.63, 3.8) is 0 Å². The van der Waals surface area contributed by atoms with Gasteiger partial charge in [-0.25, -0.2) is 0 Å². The minimum absolute atomic E-state index is 0.685. The molecule has 0 aromatic heterocycles. The van der Waals surface area contributed by atoms with E-state index in [2.05, 4.69) is 86.7 Å². The van der Waals surface area contributed by atoms with E-state index in [0.29, 0.717) is 6.61 Å². The number of rotatable bonds is 19. The van der Waals surface area contributed by atoms with Gasteiger partial charge in [-0.2, -0.15) is 0 Å². The van der Waals surface area contributed by atoms with E-state index in [-0.39, 0.29) is 0 Å². The zero-order valence-corrected chi connectivity index (χ0v) is 22.1. The van der Waals surface area contributed by atoms with Crippen molar-refractivity contribution in [2.75, 3.05) is 13.2 Å². The van der Waals surface area contributed by atoms with Crippen LogP contribution in [0.3, 0.4) is 0 Å². The minimum atomic E-state index is -2.74. The fraction of sp³-hybridized carbons (Fsp3) is 0.533. The molecule has 0 spiro atoms. The predicted octanol–water partition coefficient (Wildman–Crippen LogP) is 7.55. The first-order chi connectivity index (χ1) is 16.3. The van der Waals surface area contributed by atoms with Crippen LogP contribution in [0.5, 0.6) is 0 Å². The van der Waals surface area contributed by atoms with Gasteiger partial charge in [-0.1, -0.05) is 144 Å². The molecule has 0 atom stereocenters. The molecular formula is C30H46O2Si. The highest BCUT2D eigenvalue weighted by molar-refractivity contribution is 6.92. The maximum absolute atomic E-state index is 6.77. The zero-order chi connectivity index (χ0) is 23.5. The molecule has 2 aromatic carbocycles. The molecule has 0 saturated carbocycles. The Bertz CT molecular complexity index is 690. The van der Waals surface area contributed by atoms with Crippen molar-refractivity contribution in [2.45, 2.75) is 90.9 Å². The molecule has 2 aromatic rings. The largest absolute Gasteiger partial charge is 0.407 e. The van der Waals surface area contributed by atoms with Crippen molar-refractivity contribution >= 4 is 18.9 Å². The maximum atomic E-state index is 6.77. The van der Waals surface area contributed by atoms with E-state index in [1.807, 2.05) is 0 Å². The van der Waals surface area contributed by atoms with Crippen LogP contribution in [0, 0.1) is 0 Å². The molecule has 0 aliphatic carbocycles. The van der Waals surface area contributed by atoms with Crippen LogP contribution in [0.15, 0.2) is 72.8 Å². The molecule has 2 nitrogen and oxygen atoms in total. The summed E-state index contributed by atoms with van der Waals surface area (Å²) in [7, 11) is -2.74. The second kappa shape index (κ2) is 17.7. The SMILES string of the molecule is CC/C=C\CCO[Si](OCCCCCCCCCCCC)(c1ccccc1)c1ccccc1. The Kier molecular flexibility index (Phi) is 14.8. The lowest BCUT2D eigenvalue weighted by Crippen LogP contribution is -2.63. The quantitative estimate of drug-likeness (QED) is 0.121. The molecular weight excluding hydrogens is 420 g/mol. The van der Waals surface area contributed by atoms with Crippen LogP contribution >= 0.6 is 0 Å². The summed E-state index contributed by atoms with van der Waals surface area (Å²) >= 11 is 0. The van der Waals surface area contributed by atoms with Crippen LogP contribution in [0.4, 0.5) is 0 Å². The highest BCUT2D eigenvalue weighted by Gasteiger charge is 2.42. The molecule has 33 heavy (non-hydrogen) atoms. The fourth-order valence-electron chi connectivity index (χ4n) is 4.22. The molecule has 0 bridgehead atoms. The normalized spacial score (nSPS) is 11.9. The third-order valence-corrected chi connectivity index (χ3v) is 9.51. The Morgan fingerprint density at radius 1 is 0.576 bits per heavy atom. The highest BCUT2D eigenvalue weighted by atomic mass is 28.4. The molecule has 0 fully saturated rings. The van der Waals surface area contributed by atoms with Gasteiger partial charge in [0.2, 0.25) is 0 Å². The highest BCUT2D eigenvalue weighted by Crippen LogP contribution is 2.14. The molecule has 0 radical (unpaired) electrons. The summed E-state index contributed by atoms with van der Waals surface area (Å²) in [5.41, 5.74) is 0. The first-order valence-electron chi connectivity index (χ1n) is 13.4. The van der Waals surface area contributed by atoms with E-state index in [4.69, 9.17) is 8.85 Å². The van der Waals surface area contributed by atoms with Crippen molar-refractivity contribution < 1.29 is 8.85 Å². The van der Waals surface area contributed by atoms with Crippen molar-refractivity contribution in [3.8, 4) is 0 Å². The number of benzene rings is 2. The molecule has 0 aliphatic heterocycles. The van der Waals surface area contributed by atoms with Gasteiger partial charge < -0.3 is 8.85 Å². The lowest BCUT2D eigenvalue weighted by molar-refractivity contribution is 0.190. The van der Waals surface area contributed by atoms with Gasteiger partial charge in [0.15, 0.2) is 0 Å². The van der Waals surface area contributed by atoms with Gasteiger partial charge in [-0.3, -0.25) is 0 Å². The molecule has 2 rings (SSSR count). The van der Waals surface area contributed by atoms with E-state index in [9.17, 15) is 0 Å². The van der Waals surface area contributed by atoms with Gasteiger partial charge in [-0.15, -0.1) is 0 Å². The molecule has 182 valence electrons. The minimum Gasteiger partial charge on any atom is -0.388 e. The van der Waals surface area contributed by atoms with Crippen LogP contribution < -0.4 is 10.4 Å². The smallest absolute Gasteiger partial charge is 0.388 e. The molecule has 0 unspecified atom stereocenters. The fourth-order valence-corrected chi connectivity index (χ4v) is 7.40. The van der Waals surface area contributed by atoms with Crippen molar-refractivity contribution in [2.24, 2.45) is 0 Å². The second-order valence-electron chi connectivity index (χ2n) is 8.90. The monoisotopic (exact) mass is 466 g/mol. The topological polar surface area (TPSA) is 18.5 Å². The van der Waals surface area contributed by atoms with Gasteiger partial charge in [0.1, 0.15) is 0 Å². The van der Waals surface area contributed by atoms with Crippen LogP contribution in [0.2, 0.25) is 0 Å². The zero-order valence-electron chi connectivity index (χ0n) is 21.1. The third-order valence-electron chi connectivity index (χ3n) is 6.10. The summed E-state index contributed by atoms with van der Waals surface area (Å²) in [6.45, 7) is 5.89. The summed E-state index contributed by atoms with van der Waals surface area (Å²) in [6.07, 6.45) is 19.7. The van der Waals surface area contributed by atoms with Crippen LogP contribution in [-0.2, 0) is 8.85 Å². The lowest BCUT2D eigenvalue weighted by atomic mass is 10.1. The standard InChI is InChI=1S/C30H46O2Si/c1-3-5-7-9-10-11-12-13-14-22-28-32-33(29-23-17-15-18-24-29,30-25-19-16-20-26-30)31-27-21-8-6-4-2/h6,8,15-20,23-26H,3-5,7,9-14,21-22,27-28H2,1-2H3/b8-6-. The summed E-state index contributed by atoms with van der Waals surface area (Å²) in [5, 5.41) is 2.39. The first kappa shape index (κ1) is 27.6. The summed E-state index contributed by atoms with van der Waals surface area (Å²) < 4.78 is 13.5. The summed E-state index contributed by atoms with van der Waals surface area (Å²) in [5.74, 6) is 0.